The first-order valence-corrected chi connectivity index (χ1v) is 13.1. The van der Waals surface area contributed by atoms with Crippen LogP contribution in [0.1, 0.15) is 34.3 Å². The number of carbonyl (C=O) groups excluding carboxylic acids is 1. The van der Waals surface area contributed by atoms with Crippen molar-refractivity contribution in [1.29, 1.82) is 0 Å². The highest BCUT2D eigenvalue weighted by Crippen LogP contribution is 2.30. The summed E-state index contributed by atoms with van der Waals surface area (Å²) in [5.74, 6) is -0.422. The van der Waals surface area contributed by atoms with Gasteiger partial charge in [-0.05, 0) is 67.3 Å². The third kappa shape index (κ3) is 8.74. The van der Waals surface area contributed by atoms with Gasteiger partial charge < -0.3 is 30.4 Å². The van der Waals surface area contributed by atoms with E-state index in [1.54, 1.807) is 36.7 Å². The maximum Gasteiger partial charge on any atom is 0.573 e. The molecule has 1 amide bonds. The van der Waals surface area contributed by atoms with Crippen LogP contribution in [-0.2, 0) is 17.7 Å². The molecular formula is C29H31F3N4O5. The molecule has 0 bridgehead atoms. The Hall–Kier alpha value is -4.00. The lowest BCUT2D eigenvalue weighted by molar-refractivity contribution is -0.274. The molecule has 0 saturated heterocycles. The highest BCUT2D eigenvalue weighted by molar-refractivity contribution is 6.09. The summed E-state index contributed by atoms with van der Waals surface area (Å²) in [5, 5.41) is 14.8. The van der Waals surface area contributed by atoms with E-state index in [1.807, 2.05) is 6.07 Å². The zero-order valence-electron chi connectivity index (χ0n) is 22.2. The van der Waals surface area contributed by atoms with Crippen LogP contribution >= 0.6 is 0 Å². The molecule has 12 heteroatoms. The van der Waals surface area contributed by atoms with E-state index in [0.717, 1.165) is 29.0 Å². The molecule has 0 saturated carbocycles. The topological polar surface area (TPSA) is 129 Å². The molecule has 4 rings (SSSR count). The van der Waals surface area contributed by atoms with Gasteiger partial charge in [0.2, 0.25) is 11.8 Å². The van der Waals surface area contributed by atoms with Crippen molar-refractivity contribution in [3.63, 3.8) is 0 Å². The van der Waals surface area contributed by atoms with Gasteiger partial charge in [-0.2, -0.15) is 0 Å². The fourth-order valence-electron chi connectivity index (χ4n) is 4.36. The predicted molar refractivity (Wildman–Crippen MR) is 147 cm³/mol. The molecule has 4 aromatic rings. The summed E-state index contributed by atoms with van der Waals surface area (Å²) in [6, 6.07) is 11.3. The van der Waals surface area contributed by atoms with Crippen LogP contribution in [0.3, 0.4) is 0 Å². The van der Waals surface area contributed by atoms with Gasteiger partial charge >= 0.3 is 6.36 Å². The fraction of sp³-hybridized carbons (Fsp3) is 0.345. The van der Waals surface area contributed by atoms with E-state index in [0.29, 0.717) is 54.4 Å². The first-order chi connectivity index (χ1) is 19.7. The zero-order valence-corrected chi connectivity index (χ0v) is 22.2. The van der Waals surface area contributed by atoms with Crippen LogP contribution in [0.4, 0.5) is 13.2 Å². The van der Waals surface area contributed by atoms with Crippen LogP contribution in [0, 0.1) is 0 Å². The number of carbonyl (C=O) groups is 1. The predicted octanol–water partition coefficient (Wildman–Crippen LogP) is 4.28. The van der Waals surface area contributed by atoms with E-state index in [9.17, 15) is 18.0 Å². The molecule has 0 fully saturated rings. The van der Waals surface area contributed by atoms with Crippen LogP contribution in [0.15, 0.2) is 54.9 Å². The van der Waals surface area contributed by atoms with Gasteiger partial charge in [-0.1, -0.05) is 12.1 Å². The molecule has 0 atom stereocenters. The highest BCUT2D eigenvalue weighted by Gasteiger charge is 2.31. The number of hydrogen-bond donors (Lipinski definition) is 3. The summed E-state index contributed by atoms with van der Waals surface area (Å²) >= 11 is 0. The number of amides is 1. The van der Waals surface area contributed by atoms with Crippen molar-refractivity contribution >= 4 is 27.6 Å². The number of ether oxygens (including phenoxy) is 3. The number of nitrogens with zero attached hydrogens (tertiary/aromatic N) is 2. The number of aliphatic hydroxyl groups is 1. The van der Waals surface area contributed by atoms with Crippen molar-refractivity contribution < 1.29 is 37.3 Å². The fourth-order valence-corrected chi connectivity index (χ4v) is 4.36. The van der Waals surface area contributed by atoms with E-state index < -0.39 is 12.3 Å². The standard InChI is InChI=1S/C29H31F3N4O5/c30-29(31,32)41-22-14-19(6-9-37)13-20(15-22)17-34-7-1-2-10-39-11-12-40-28-24-5-8-35-18-25(24)23-4-3-21(27(33)38)16-26(23)36-28/h3-5,8,13-16,18,34,37H,1-2,6-7,9-12,17H2,(H2,33,38). The molecule has 0 radical (unpaired) electrons. The lowest BCUT2D eigenvalue weighted by atomic mass is 10.1. The van der Waals surface area contributed by atoms with E-state index in [2.05, 4.69) is 20.0 Å². The van der Waals surface area contributed by atoms with Crippen molar-refractivity contribution in [1.82, 2.24) is 15.3 Å². The molecule has 0 aliphatic heterocycles. The lowest BCUT2D eigenvalue weighted by Gasteiger charge is -2.13. The number of aromatic nitrogens is 2. The number of rotatable bonds is 15. The van der Waals surface area contributed by atoms with Crippen LogP contribution in [-0.4, -0.2) is 60.3 Å². The third-order valence-corrected chi connectivity index (χ3v) is 6.19. The van der Waals surface area contributed by atoms with Crippen molar-refractivity contribution in [2.24, 2.45) is 5.73 Å². The van der Waals surface area contributed by atoms with Crippen LogP contribution in [0.2, 0.25) is 0 Å². The van der Waals surface area contributed by atoms with Gasteiger partial charge in [-0.25, -0.2) is 4.98 Å². The van der Waals surface area contributed by atoms with E-state index >= 15 is 0 Å². The molecule has 4 N–H and O–H groups in total. The second-order valence-electron chi connectivity index (χ2n) is 9.29. The Kier molecular flexibility index (Phi) is 10.3. The summed E-state index contributed by atoms with van der Waals surface area (Å²) in [6.45, 7) is 1.98. The highest BCUT2D eigenvalue weighted by atomic mass is 19.4. The number of nitrogens with two attached hydrogens (primary N) is 1. The van der Waals surface area contributed by atoms with Crippen molar-refractivity contribution in [3.05, 3.63) is 71.5 Å². The summed E-state index contributed by atoms with van der Waals surface area (Å²) < 4.78 is 53.4. The number of fused-ring (bicyclic) bond motifs is 3. The molecule has 2 heterocycles. The Morgan fingerprint density at radius 2 is 1.80 bits per heavy atom. The number of aliphatic hydroxyl groups excluding tert-OH is 1. The average molecular weight is 573 g/mol. The number of pyridine rings is 2. The minimum Gasteiger partial charge on any atom is -0.475 e. The number of nitrogens with one attached hydrogen (secondary N) is 1. The molecular weight excluding hydrogens is 541 g/mol. The average Bonchev–Trinajstić information content (AvgIpc) is 2.92. The van der Waals surface area contributed by atoms with Gasteiger partial charge in [-0.3, -0.25) is 9.78 Å². The number of alkyl halides is 3. The Bertz CT molecular complexity index is 1480. The maximum absolute atomic E-state index is 12.6. The van der Waals surface area contributed by atoms with E-state index in [4.69, 9.17) is 20.3 Å². The zero-order chi connectivity index (χ0) is 29.2. The minimum absolute atomic E-state index is 0.169. The monoisotopic (exact) mass is 572 g/mol. The largest absolute Gasteiger partial charge is 0.573 e. The third-order valence-electron chi connectivity index (χ3n) is 6.19. The molecule has 0 spiro atoms. The number of primary amides is 1. The summed E-state index contributed by atoms with van der Waals surface area (Å²) in [4.78, 5) is 20.4. The van der Waals surface area contributed by atoms with Crippen LogP contribution in [0.25, 0.3) is 21.7 Å². The minimum atomic E-state index is -4.78. The summed E-state index contributed by atoms with van der Waals surface area (Å²) in [6.07, 6.45) is 0.423. The van der Waals surface area contributed by atoms with Crippen molar-refractivity contribution in [2.45, 2.75) is 32.2 Å². The number of unbranched alkanes of at least 4 members (excludes halogenated alkanes) is 1. The Balaban J connectivity index is 1.19. The molecule has 2 aromatic carbocycles. The quantitative estimate of drug-likeness (QED) is 0.142. The lowest BCUT2D eigenvalue weighted by Crippen LogP contribution is -2.18. The van der Waals surface area contributed by atoms with Crippen molar-refractivity contribution in [3.8, 4) is 11.6 Å². The van der Waals surface area contributed by atoms with Gasteiger partial charge in [0.25, 0.3) is 0 Å². The first kappa shape index (κ1) is 30.0. The number of halogens is 3. The Morgan fingerprint density at radius 3 is 2.59 bits per heavy atom. The molecule has 0 aliphatic rings. The SMILES string of the molecule is NC(=O)c1ccc2c(c1)nc(OCCOCCCCNCc1cc(CCO)cc(OC(F)(F)F)c1)c1ccncc12. The van der Waals surface area contributed by atoms with Gasteiger partial charge in [0, 0.05) is 53.9 Å². The summed E-state index contributed by atoms with van der Waals surface area (Å²) in [7, 11) is 0. The summed E-state index contributed by atoms with van der Waals surface area (Å²) in [5.41, 5.74) is 7.55. The number of hydrogen-bond acceptors (Lipinski definition) is 8. The van der Waals surface area contributed by atoms with Crippen molar-refractivity contribution in [2.75, 3.05) is 33.0 Å². The second-order valence-corrected chi connectivity index (χ2v) is 9.29. The van der Waals surface area contributed by atoms with Gasteiger partial charge in [0.1, 0.15) is 12.4 Å². The van der Waals surface area contributed by atoms with Crippen LogP contribution < -0.4 is 20.5 Å². The number of benzene rings is 2. The maximum atomic E-state index is 12.6. The Labute approximate surface area is 234 Å². The van der Waals surface area contributed by atoms with Gasteiger partial charge in [0.15, 0.2) is 0 Å². The first-order valence-electron chi connectivity index (χ1n) is 13.1. The molecule has 218 valence electrons. The molecule has 0 unspecified atom stereocenters. The van der Waals surface area contributed by atoms with Gasteiger partial charge in [0.05, 0.1) is 12.1 Å². The van der Waals surface area contributed by atoms with Crippen LogP contribution in [0.5, 0.6) is 11.6 Å². The smallest absolute Gasteiger partial charge is 0.475 e. The molecule has 41 heavy (non-hydrogen) atoms. The normalized spacial score (nSPS) is 11.7. The van der Waals surface area contributed by atoms with Gasteiger partial charge in [-0.15, -0.1) is 13.2 Å². The molecule has 9 nitrogen and oxygen atoms in total. The molecule has 0 aliphatic carbocycles. The van der Waals surface area contributed by atoms with E-state index in [-0.39, 0.29) is 25.4 Å². The molecule has 2 aromatic heterocycles. The Morgan fingerprint density at radius 1 is 0.976 bits per heavy atom. The second kappa shape index (κ2) is 14.1. The van der Waals surface area contributed by atoms with E-state index in [1.165, 1.54) is 12.1 Å².